The number of hydrogen-bond acceptors (Lipinski definition) is 6. The first kappa shape index (κ1) is 34.9. The number of H-pyrrole nitrogens is 2. The van der Waals surface area contributed by atoms with E-state index in [1.165, 1.54) is 24.3 Å². The van der Waals surface area contributed by atoms with Crippen LogP contribution in [0.5, 0.6) is 11.5 Å². The highest BCUT2D eigenvalue weighted by atomic mass is 32.2. The van der Waals surface area contributed by atoms with Crippen LogP contribution in [0.15, 0.2) is 79.1 Å². The largest absolute Gasteiger partial charge is 0.466 e. The Morgan fingerprint density at radius 3 is 2.73 bits per heavy atom. The van der Waals surface area contributed by atoms with Gasteiger partial charge in [0.1, 0.15) is 17.4 Å². The molecular weight excluding hydrogens is 632 g/mol. The number of carbonyl (C=O) groups is 1. The Morgan fingerprint density at radius 2 is 1.96 bits per heavy atom. The first-order valence-corrected chi connectivity index (χ1v) is 17.2. The topological polar surface area (TPSA) is 100 Å². The van der Waals surface area contributed by atoms with Gasteiger partial charge in [0.15, 0.2) is 11.6 Å². The van der Waals surface area contributed by atoms with E-state index in [4.69, 9.17) is 9.47 Å². The van der Waals surface area contributed by atoms with Crippen LogP contribution in [0.3, 0.4) is 0 Å². The van der Waals surface area contributed by atoms with Crippen molar-refractivity contribution in [2.24, 2.45) is 0 Å². The fourth-order valence-corrected chi connectivity index (χ4v) is 6.77. The van der Waals surface area contributed by atoms with Gasteiger partial charge in [-0.25, -0.2) is 13.8 Å². The van der Waals surface area contributed by atoms with Gasteiger partial charge in [0.2, 0.25) is 0 Å². The van der Waals surface area contributed by atoms with E-state index < -0.39 is 17.0 Å². The number of aromatic nitrogens is 3. The summed E-state index contributed by atoms with van der Waals surface area (Å²) >= 11 is 1.61. The lowest BCUT2D eigenvalue weighted by Crippen LogP contribution is -2.25. The summed E-state index contributed by atoms with van der Waals surface area (Å²) in [5.74, 6) is 0.587. The highest BCUT2D eigenvalue weighted by molar-refractivity contribution is 7.98. The normalized spacial score (nSPS) is 12.6. The molecule has 3 aromatic carbocycles. The molecule has 3 N–H and O–H groups in total. The lowest BCUT2D eigenvalue weighted by atomic mass is 9.75. The van der Waals surface area contributed by atoms with Crippen LogP contribution in [0.4, 0.5) is 8.78 Å². The summed E-state index contributed by atoms with van der Waals surface area (Å²) in [6.07, 6.45) is 5.36. The Labute approximate surface area is 283 Å². The maximum Gasteiger partial charge on any atom is 0.306 e. The standard InChI is InChI=1S/C38H41F2N3O4S/c1-5-46-35(45)13-10-25-8-6-9-26(18-25)38(4,15-7-17-44)34-21-42-37(43-34)29-19-27(11-12-31(29)39)47-36-30(23-48-22-24(2)3)28-14-16-41-33(28)20-32(36)40/h6,8-9,11-12,14,16,18-21,41,44H,2,5,7,10,13,15,17,22-23H2,1,3-4H3,(H,42,43). The molecule has 1 unspecified atom stereocenters. The van der Waals surface area contributed by atoms with E-state index in [2.05, 4.69) is 21.5 Å². The van der Waals surface area contributed by atoms with Crippen LogP contribution in [0.2, 0.25) is 0 Å². The fraction of sp³-hybridized carbons (Fsp3) is 0.316. The number of halogens is 2. The Kier molecular flexibility index (Phi) is 11.4. The number of carbonyl (C=O) groups excluding carboxylic acids is 1. The molecule has 0 bridgehead atoms. The van der Waals surface area contributed by atoms with Crippen molar-refractivity contribution < 1.29 is 28.2 Å². The van der Waals surface area contributed by atoms with Gasteiger partial charge >= 0.3 is 5.97 Å². The van der Waals surface area contributed by atoms with Crippen molar-refractivity contribution in [3.63, 3.8) is 0 Å². The molecule has 0 aliphatic heterocycles. The third kappa shape index (κ3) is 7.99. The number of aryl methyl sites for hydroxylation is 1. The summed E-state index contributed by atoms with van der Waals surface area (Å²) in [7, 11) is 0. The second-order valence-electron chi connectivity index (χ2n) is 12.1. The van der Waals surface area contributed by atoms with E-state index in [0.717, 1.165) is 33.5 Å². The molecule has 48 heavy (non-hydrogen) atoms. The van der Waals surface area contributed by atoms with Crippen LogP contribution < -0.4 is 4.74 Å². The number of thioether (sulfide) groups is 1. The van der Waals surface area contributed by atoms with Gasteiger partial charge in [0, 0.05) is 70.6 Å². The summed E-state index contributed by atoms with van der Waals surface area (Å²) in [6, 6.07) is 15.5. The maximum absolute atomic E-state index is 15.5. The SMILES string of the molecule is C=C(C)CSCc1c(Oc2ccc(F)c(-c3ncc(C(C)(CCCO)c4cccc(CCC(=O)OCC)c4)[nH]3)c2)c(F)cc2[nH]ccc12. The molecule has 10 heteroatoms. The molecule has 0 aliphatic rings. The number of hydrogen-bond donors (Lipinski definition) is 3. The quantitative estimate of drug-likeness (QED) is 0.0714. The molecule has 5 aromatic rings. The number of aliphatic hydroxyl groups is 1. The predicted molar refractivity (Wildman–Crippen MR) is 187 cm³/mol. The first-order valence-electron chi connectivity index (χ1n) is 16.0. The summed E-state index contributed by atoms with van der Waals surface area (Å²) in [5, 5.41) is 10.6. The Balaban J connectivity index is 1.45. The molecule has 0 aliphatic carbocycles. The van der Waals surface area contributed by atoms with Crippen LogP contribution in [0.1, 0.15) is 62.4 Å². The molecule has 0 amide bonds. The number of benzene rings is 3. The van der Waals surface area contributed by atoms with E-state index in [1.807, 2.05) is 44.2 Å². The molecule has 7 nitrogen and oxygen atoms in total. The van der Waals surface area contributed by atoms with Gasteiger partial charge < -0.3 is 24.5 Å². The molecule has 0 spiro atoms. The minimum atomic E-state index is -0.607. The van der Waals surface area contributed by atoms with Crippen LogP contribution in [0, 0.1) is 11.6 Å². The average Bonchev–Trinajstić information content (AvgIpc) is 3.76. The second kappa shape index (κ2) is 15.7. The summed E-state index contributed by atoms with van der Waals surface area (Å²) in [6.45, 7) is 10.1. The van der Waals surface area contributed by atoms with Gasteiger partial charge in [0.05, 0.1) is 12.2 Å². The molecule has 1 atom stereocenters. The lowest BCUT2D eigenvalue weighted by molar-refractivity contribution is -0.143. The first-order chi connectivity index (χ1) is 23.1. The van der Waals surface area contributed by atoms with Gasteiger partial charge in [-0.2, -0.15) is 11.8 Å². The van der Waals surface area contributed by atoms with Crippen LogP contribution in [-0.4, -0.2) is 45.0 Å². The smallest absolute Gasteiger partial charge is 0.306 e. The van der Waals surface area contributed by atoms with Crippen molar-refractivity contribution in [3.8, 4) is 22.9 Å². The molecule has 0 saturated heterocycles. The van der Waals surface area contributed by atoms with Gasteiger partial charge in [0.25, 0.3) is 0 Å². The third-order valence-corrected chi connectivity index (χ3v) is 9.56. The molecular formula is C38H41F2N3O4S. The molecule has 2 aromatic heterocycles. The average molecular weight is 674 g/mol. The van der Waals surface area contributed by atoms with Crippen molar-refractivity contribution in [1.29, 1.82) is 0 Å². The van der Waals surface area contributed by atoms with Gasteiger partial charge in [-0.3, -0.25) is 4.79 Å². The van der Waals surface area contributed by atoms with E-state index in [0.29, 0.717) is 48.5 Å². The number of aromatic amines is 2. The fourth-order valence-electron chi connectivity index (χ4n) is 5.83. The van der Waals surface area contributed by atoms with Crippen LogP contribution in [0.25, 0.3) is 22.3 Å². The van der Waals surface area contributed by atoms with E-state index >= 15 is 8.78 Å². The molecule has 2 heterocycles. The molecule has 0 fully saturated rings. The number of nitrogens with one attached hydrogen (secondary N) is 2. The van der Waals surface area contributed by atoms with Crippen molar-refractivity contribution >= 4 is 28.6 Å². The number of fused-ring (bicyclic) bond motifs is 1. The number of nitrogens with zero attached hydrogens (tertiary/aromatic N) is 1. The van der Waals surface area contributed by atoms with E-state index in [1.54, 1.807) is 31.1 Å². The zero-order valence-electron chi connectivity index (χ0n) is 27.5. The van der Waals surface area contributed by atoms with Crippen molar-refractivity contribution in [2.45, 2.75) is 57.6 Å². The predicted octanol–water partition coefficient (Wildman–Crippen LogP) is 9.01. The van der Waals surface area contributed by atoms with E-state index in [9.17, 15) is 9.90 Å². The number of imidazole rings is 1. The zero-order chi connectivity index (χ0) is 34.3. The van der Waals surface area contributed by atoms with Gasteiger partial charge in [-0.15, -0.1) is 0 Å². The highest BCUT2D eigenvalue weighted by Gasteiger charge is 2.31. The van der Waals surface area contributed by atoms with Crippen LogP contribution >= 0.6 is 11.8 Å². The summed E-state index contributed by atoms with van der Waals surface area (Å²) in [4.78, 5) is 22.9. The molecule has 0 radical (unpaired) electrons. The maximum atomic E-state index is 15.5. The lowest BCUT2D eigenvalue weighted by Gasteiger charge is -2.29. The zero-order valence-corrected chi connectivity index (χ0v) is 28.3. The van der Waals surface area contributed by atoms with Crippen molar-refractivity contribution in [2.75, 3.05) is 19.0 Å². The monoisotopic (exact) mass is 673 g/mol. The highest BCUT2D eigenvalue weighted by Crippen LogP contribution is 2.40. The molecule has 5 rings (SSSR count). The van der Waals surface area contributed by atoms with Crippen LogP contribution in [-0.2, 0) is 27.1 Å². The van der Waals surface area contributed by atoms with Gasteiger partial charge in [-0.05, 0) is 75.4 Å². The van der Waals surface area contributed by atoms with Gasteiger partial charge in [-0.1, -0.05) is 36.4 Å². The Bertz CT molecular complexity index is 1900. The minimum Gasteiger partial charge on any atom is -0.466 e. The third-order valence-electron chi connectivity index (χ3n) is 8.37. The van der Waals surface area contributed by atoms with Crippen molar-refractivity contribution in [3.05, 3.63) is 113 Å². The Morgan fingerprint density at radius 1 is 1.12 bits per heavy atom. The summed E-state index contributed by atoms with van der Waals surface area (Å²) in [5.41, 5.74) is 4.64. The summed E-state index contributed by atoms with van der Waals surface area (Å²) < 4.78 is 42.1. The Hall–Kier alpha value is -4.41. The second-order valence-corrected chi connectivity index (χ2v) is 13.1. The van der Waals surface area contributed by atoms with Crippen molar-refractivity contribution in [1.82, 2.24) is 15.0 Å². The van der Waals surface area contributed by atoms with E-state index in [-0.39, 0.29) is 36.1 Å². The number of aliphatic hydroxyl groups excluding tert-OH is 1. The minimum absolute atomic E-state index is 0.00590. The number of esters is 1. The molecule has 252 valence electrons. The number of rotatable bonds is 16. The number of ether oxygens (including phenoxy) is 2. The molecule has 0 saturated carbocycles.